The number of hydrogen-bond acceptors (Lipinski definition) is 4. The van der Waals surface area contributed by atoms with Gasteiger partial charge >= 0.3 is 0 Å². The molecule has 0 atom stereocenters. The van der Waals surface area contributed by atoms with E-state index in [1.807, 2.05) is 18.2 Å². The number of piperidine rings is 1. The van der Waals surface area contributed by atoms with E-state index in [4.69, 9.17) is 55.9 Å². The molecule has 1 N–H and O–H groups in total. The molecule has 0 unspecified atom stereocenters. The van der Waals surface area contributed by atoms with Crippen LogP contribution in [-0.4, -0.2) is 20.2 Å². The number of hydrogen-bond donors (Lipinski definition) is 1. The quantitative estimate of drug-likeness (QED) is 0.311. The highest BCUT2D eigenvalue weighted by molar-refractivity contribution is 6.36. The summed E-state index contributed by atoms with van der Waals surface area (Å²) in [6, 6.07) is 15.0. The topological polar surface area (TPSA) is 33.7 Å². The largest absolute Gasteiger partial charge is 0.493 e. The Balaban J connectivity index is 1.44. The molecule has 1 aliphatic rings. The maximum Gasteiger partial charge on any atom is 0.163 e. The van der Waals surface area contributed by atoms with E-state index in [1.54, 1.807) is 31.4 Å². The summed E-state index contributed by atoms with van der Waals surface area (Å²) < 4.78 is 11.5. The molecule has 4 nitrogen and oxygen atoms in total. The molecule has 1 heterocycles. The first-order chi connectivity index (χ1) is 16.5. The van der Waals surface area contributed by atoms with Crippen LogP contribution < -0.4 is 19.7 Å². The van der Waals surface area contributed by atoms with E-state index in [2.05, 4.69) is 16.3 Å². The Morgan fingerprint density at radius 1 is 0.824 bits per heavy atom. The predicted molar refractivity (Wildman–Crippen MR) is 144 cm³/mol. The van der Waals surface area contributed by atoms with Crippen molar-refractivity contribution in [1.82, 2.24) is 0 Å². The molecule has 3 aromatic rings. The molecule has 0 amide bonds. The number of nitrogens with one attached hydrogen (secondary N) is 1. The molecule has 3 aromatic carbocycles. The smallest absolute Gasteiger partial charge is 0.163 e. The van der Waals surface area contributed by atoms with Crippen LogP contribution in [-0.2, 0) is 13.2 Å². The van der Waals surface area contributed by atoms with Gasteiger partial charge in [-0.3, -0.25) is 0 Å². The number of anilines is 2. The molecule has 0 spiro atoms. The number of ether oxygens (including phenoxy) is 2. The third-order valence-corrected chi connectivity index (χ3v) is 7.26. The van der Waals surface area contributed by atoms with Gasteiger partial charge in [0.25, 0.3) is 0 Å². The second-order valence-electron chi connectivity index (χ2n) is 8.15. The molecule has 1 saturated heterocycles. The van der Waals surface area contributed by atoms with Gasteiger partial charge in [0.1, 0.15) is 6.61 Å². The maximum absolute atomic E-state index is 6.59. The predicted octanol–water partition coefficient (Wildman–Crippen LogP) is 8.49. The summed E-state index contributed by atoms with van der Waals surface area (Å²) in [7, 11) is 1.59. The number of rotatable bonds is 8. The van der Waals surface area contributed by atoms with Crippen LogP contribution in [0.2, 0.25) is 20.1 Å². The van der Waals surface area contributed by atoms with Crippen LogP contribution in [0.25, 0.3) is 0 Å². The molecule has 1 aliphatic heterocycles. The van der Waals surface area contributed by atoms with E-state index in [0.717, 1.165) is 35.1 Å². The van der Waals surface area contributed by atoms with Gasteiger partial charge in [-0.25, -0.2) is 0 Å². The van der Waals surface area contributed by atoms with Gasteiger partial charge in [0.15, 0.2) is 11.5 Å². The fraction of sp³-hybridized carbons (Fsp3) is 0.308. The van der Waals surface area contributed by atoms with Crippen LogP contribution in [0.1, 0.15) is 30.4 Å². The SMILES string of the molecule is COc1cc(CNc2ccc(N3CCCCC3)c(Cl)c2)c(Cl)cc1OCc1c(Cl)cccc1Cl. The first-order valence-corrected chi connectivity index (χ1v) is 12.7. The standard InChI is InChI=1S/C26H26Cl4N2O2/c1-33-25-12-17(22(29)14-26(25)34-16-19-20(27)6-5-7-21(19)28)15-31-18-8-9-24(23(30)13-18)32-10-3-2-4-11-32/h5-9,12-14,31H,2-4,10-11,15-16H2,1H3. The molecule has 0 aromatic heterocycles. The Labute approximate surface area is 220 Å². The lowest BCUT2D eigenvalue weighted by Crippen LogP contribution is -2.29. The average Bonchev–Trinajstić information content (AvgIpc) is 2.83. The molecule has 1 fully saturated rings. The number of methoxy groups -OCH3 is 1. The van der Waals surface area contributed by atoms with Crippen LogP contribution in [0.3, 0.4) is 0 Å². The third-order valence-electron chi connectivity index (χ3n) is 5.89. The monoisotopic (exact) mass is 538 g/mol. The Hall–Kier alpha value is -1.98. The van der Waals surface area contributed by atoms with Gasteiger partial charge in [-0.15, -0.1) is 0 Å². The van der Waals surface area contributed by atoms with Gasteiger partial charge in [0.05, 0.1) is 17.8 Å². The van der Waals surface area contributed by atoms with Crippen molar-refractivity contribution in [3.05, 3.63) is 79.7 Å². The van der Waals surface area contributed by atoms with Crippen molar-refractivity contribution in [2.45, 2.75) is 32.4 Å². The first kappa shape index (κ1) is 25.1. The molecule has 0 radical (unpaired) electrons. The minimum atomic E-state index is 0.199. The number of halogens is 4. The van der Waals surface area contributed by atoms with E-state index in [9.17, 15) is 0 Å². The zero-order valence-corrected chi connectivity index (χ0v) is 21.9. The molecule has 0 saturated carbocycles. The van der Waals surface area contributed by atoms with Crippen molar-refractivity contribution in [1.29, 1.82) is 0 Å². The van der Waals surface area contributed by atoms with Crippen LogP contribution in [0.5, 0.6) is 11.5 Å². The lowest BCUT2D eigenvalue weighted by atomic mass is 10.1. The molecule has 180 valence electrons. The number of benzene rings is 3. The van der Waals surface area contributed by atoms with Crippen molar-refractivity contribution < 1.29 is 9.47 Å². The molecular weight excluding hydrogens is 514 g/mol. The van der Waals surface area contributed by atoms with Crippen LogP contribution in [0.4, 0.5) is 11.4 Å². The minimum absolute atomic E-state index is 0.199. The summed E-state index contributed by atoms with van der Waals surface area (Å²) in [6.45, 7) is 2.81. The van der Waals surface area contributed by atoms with Crippen molar-refractivity contribution in [3.8, 4) is 11.5 Å². The molecule has 0 bridgehead atoms. The van der Waals surface area contributed by atoms with Crippen LogP contribution in [0.15, 0.2) is 48.5 Å². The van der Waals surface area contributed by atoms with E-state index in [0.29, 0.717) is 38.7 Å². The van der Waals surface area contributed by atoms with Crippen LogP contribution in [0, 0.1) is 0 Å². The third kappa shape index (κ3) is 5.98. The molecule has 34 heavy (non-hydrogen) atoms. The summed E-state index contributed by atoms with van der Waals surface area (Å²) >= 11 is 25.7. The van der Waals surface area contributed by atoms with E-state index >= 15 is 0 Å². The zero-order valence-electron chi connectivity index (χ0n) is 18.8. The lowest BCUT2D eigenvalue weighted by Gasteiger charge is -2.29. The van der Waals surface area contributed by atoms with Crippen molar-refractivity contribution in [2.24, 2.45) is 0 Å². The molecule has 8 heteroatoms. The van der Waals surface area contributed by atoms with Gasteiger partial charge in [-0.05, 0) is 61.2 Å². The molecule has 0 aliphatic carbocycles. The average molecular weight is 540 g/mol. The summed E-state index contributed by atoms with van der Waals surface area (Å²) in [5.74, 6) is 1.09. The number of nitrogens with zero attached hydrogens (tertiary/aromatic N) is 1. The fourth-order valence-corrected chi connectivity index (χ4v) is 5.04. The van der Waals surface area contributed by atoms with Gasteiger partial charge in [-0.2, -0.15) is 0 Å². The Morgan fingerprint density at radius 2 is 1.56 bits per heavy atom. The highest BCUT2D eigenvalue weighted by Gasteiger charge is 2.15. The van der Waals surface area contributed by atoms with E-state index < -0.39 is 0 Å². The van der Waals surface area contributed by atoms with Gasteiger partial charge in [-0.1, -0.05) is 52.5 Å². The zero-order chi connectivity index (χ0) is 24.1. The highest BCUT2D eigenvalue weighted by Crippen LogP contribution is 2.36. The van der Waals surface area contributed by atoms with E-state index in [-0.39, 0.29) is 6.61 Å². The molecule has 4 rings (SSSR count). The summed E-state index contributed by atoms with van der Waals surface area (Å²) in [6.07, 6.45) is 3.71. The Bertz CT molecular complexity index is 1130. The second kappa shape index (κ2) is 11.6. The second-order valence-corrected chi connectivity index (χ2v) is 9.78. The lowest BCUT2D eigenvalue weighted by molar-refractivity contribution is 0.284. The van der Waals surface area contributed by atoms with Crippen LogP contribution >= 0.6 is 46.4 Å². The van der Waals surface area contributed by atoms with Crippen molar-refractivity contribution >= 4 is 57.8 Å². The van der Waals surface area contributed by atoms with Crippen molar-refractivity contribution in [3.63, 3.8) is 0 Å². The maximum atomic E-state index is 6.59. The normalized spacial score (nSPS) is 13.6. The highest BCUT2D eigenvalue weighted by atomic mass is 35.5. The minimum Gasteiger partial charge on any atom is -0.493 e. The summed E-state index contributed by atoms with van der Waals surface area (Å²) in [4.78, 5) is 2.35. The Morgan fingerprint density at radius 3 is 2.24 bits per heavy atom. The summed E-state index contributed by atoms with van der Waals surface area (Å²) in [5.41, 5.74) is 3.60. The molecular formula is C26H26Cl4N2O2. The first-order valence-electron chi connectivity index (χ1n) is 11.2. The Kier molecular flexibility index (Phi) is 8.60. The fourth-order valence-electron chi connectivity index (χ4n) is 4.01. The van der Waals surface area contributed by atoms with Gasteiger partial charge in [0.2, 0.25) is 0 Å². The summed E-state index contributed by atoms with van der Waals surface area (Å²) in [5, 5.41) is 5.79. The van der Waals surface area contributed by atoms with Gasteiger partial charge < -0.3 is 19.7 Å². The van der Waals surface area contributed by atoms with Gasteiger partial charge in [0, 0.05) is 52.0 Å². The van der Waals surface area contributed by atoms with Crippen molar-refractivity contribution in [2.75, 3.05) is 30.4 Å². The van der Waals surface area contributed by atoms with E-state index in [1.165, 1.54) is 19.3 Å².